The summed E-state index contributed by atoms with van der Waals surface area (Å²) in [7, 11) is 1.72. The summed E-state index contributed by atoms with van der Waals surface area (Å²) >= 11 is 0. The van der Waals surface area contributed by atoms with Gasteiger partial charge in [-0.15, -0.1) is 12.4 Å². The Labute approximate surface area is 156 Å². The number of carbonyl (C=O) groups is 1. The monoisotopic (exact) mass is 380 g/mol. The molecule has 0 radical (unpaired) electrons. The molecule has 1 aliphatic rings. The van der Waals surface area contributed by atoms with Gasteiger partial charge in [0, 0.05) is 30.2 Å². The molecule has 2 aromatic rings. The summed E-state index contributed by atoms with van der Waals surface area (Å²) in [5.41, 5.74) is 0.493. The fourth-order valence-corrected chi connectivity index (χ4v) is 3.00. The fraction of sp³-hybridized carbons (Fsp3) is 0.438. The van der Waals surface area contributed by atoms with Gasteiger partial charge in [0.2, 0.25) is 5.95 Å². The van der Waals surface area contributed by atoms with Crippen molar-refractivity contribution in [2.24, 2.45) is 7.05 Å². The second kappa shape index (κ2) is 8.24. The Kier molecular flexibility index (Phi) is 6.27. The number of nitrogens with zero attached hydrogens (tertiary/aromatic N) is 4. The molecule has 140 valence electrons. The van der Waals surface area contributed by atoms with Crippen LogP contribution in [0.1, 0.15) is 40.5 Å². The summed E-state index contributed by atoms with van der Waals surface area (Å²) in [4.78, 5) is 27.5. The predicted octanol–water partition coefficient (Wildman–Crippen LogP) is 2.17. The minimum absolute atomic E-state index is 0. The van der Waals surface area contributed by atoms with Gasteiger partial charge in [0.25, 0.3) is 11.6 Å². The zero-order chi connectivity index (χ0) is 18.0. The highest BCUT2D eigenvalue weighted by atomic mass is 35.5. The number of carbonyl (C=O) groups excluding carboxylic acids is 1. The standard InChI is InChI=1S/C16H20N6O3.ClH/c1-10-12(4-3-5-13(10)22(24)25)15(23)19-16-18-14(20-21(16)2)11-6-8-17-9-7-11;/h3-5,11,17H,6-9H2,1-2H3,(H,18,19,20,23);1H. The van der Waals surface area contributed by atoms with Gasteiger partial charge in [0.15, 0.2) is 5.82 Å². The lowest BCUT2D eigenvalue weighted by Gasteiger charge is -2.19. The Hall–Kier alpha value is -2.52. The number of rotatable bonds is 4. The molecule has 9 nitrogen and oxygen atoms in total. The number of nitro groups is 1. The van der Waals surface area contributed by atoms with Gasteiger partial charge in [-0.3, -0.25) is 20.2 Å². The van der Waals surface area contributed by atoms with E-state index in [2.05, 4.69) is 20.7 Å². The van der Waals surface area contributed by atoms with E-state index in [0.717, 1.165) is 31.8 Å². The average Bonchev–Trinajstić information content (AvgIpc) is 2.96. The summed E-state index contributed by atoms with van der Waals surface area (Å²) in [6.07, 6.45) is 1.92. The van der Waals surface area contributed by atoms with Crippen LogP contribution in [0.3, 0.4) is 0 Å². The minimum Gasteiger partial charge on any atom is -0.317 e. The van der Waals surface area contributed by atoms with Crippen LogP contribution in [-0.4, -0.2) is 38.7 Å². The van der Waals surface area contributed by atoms with Gasteiger partial charge in [-0.1, -0.05) is 6.07 Å². The maximum Gasteiger partial charge on any atom is 0.273 e. The second-order valence-electron chi connectivity index (χ2n) is 6.10. The number of halogens is 1. The van der Waals surface area contributed by atoms with Gasteiger partial charge in [-0.25, -0.2) is 4.68 Å². The molecule has 1 saturated heterocycles. The Morgan fingerprint density at radius 2 is 2.08 bits per heavy atom. The fourth-order valence-electron chi connectivity index (χ4n) is 3.00. The van der Waals surface area contributed by atoms with Crippen molar-refractivity contribution in [2.75, 3.05) is 18.4 Å². The number of benzene rings is 1. The summed E-state index contributed by atoms with van der Waals surface area (Å²) < 4.78 is 1.53. The molecule has 10 heteroatoms. The van der Waals surface area contributed by atoms with Crippen LogP contribution >= 0.6 is 12.4 Å². The van der Waals surface area contributed by atoms with E-state index in [-0.39, 0.29) is 29.6 Å². The Morgan fingerprint density at radius 3 is 2.73 bits per heavy atom. The Bertz CT molecular complexity index is 816. The number of aromatic nitrogens is 3. The molecule has 0 atom stereocenters. The Balaban J connectivity index is 0.00000243. The van der Waals surface area contributed by atoms with Gasteiger partial charge in [0.05, 0.1) is 4.92 Å². The molecular weight excluding hydrogens is 360 g/mol. The van der Waals surface area contributed by atoms with Crippen LogP contribution < -0.4 is 10.6 Å². The SMILES string of the molecule is Cc1c(C(=O)Nc2nc(C3CCNCC3)nn2C)cccc1[N+](=O)[O-].Cl. The van der Waals surface area contributed by atoms with Crippen molar-refractivity contribution >= 4 is 29.9 Å². The maximum atomic E-state index is 12.5. The molecule has 1 fully saturated rings. The van der Waals surface area contributed by atoms with Gasteiger partial charge < -0.3 is 5.32 Å². The summed E-state index contributed by atoms with van der Waals surface area (Å²) in [6, 6.07) is 4.43. The third-order valence-electron chi connectivity index (χ3n) is 4.46. The zero-order valence-corrected chi connectivity index (χ0v) is 15.4. The molecular formula is C16H21ClN6O3. The van der Waals surface area contributed by atoms with E-state index in [9.17, 15) is 14.9 Å². The minimum atomic E-state index is -0.496. The lowest BCUT2D eigenvalue weighted by molar-refractivity contribution is -0.385. The van der Waals surface area contributed by atoms with Crippen molar-refractivity contribution < 1.29 is 9.72 Å². The topological polar surface area (TPSA) is 115 Å². The van der Waals surface area contributed by atoms with E-state index in [0.29, 0.717) is 11.5 Å². The molecule has 0 spiro atoms. The highest BCUT2D eigenvalue weighted by molar-refractivity contribution is 6.05. The van der Waals surface area contributed by atoms with Gasteiger partial charge in [-0.05, 0) is 38.9 Å². The summed E-state index contributed by atoms with van der Waals surface area (Å²) in [5, 5.41) is 21.4. The van der Waals surface area contributed by atoms with Gasteiger partial charge >= 0.3 is 0 Å². The van der Waals surface area contributed by atoms with Crippen molar-refractivity contribution in [3.63, 3.8) is 0 Å². The van der Waals surface area contributed by atoms with E-state index in [1.807, 2.05) is 0 Å². The lowest BCUT2D eigenvalue weighted by Crippen LogP contribution is -2.27. The number of nitro benzene ring substituents is 1. The number of anilines is 1. The molecule has 1 aliphatic heterocycles. The van der Waals surface area contributed by atoms with Crippen LogP contribution in [0.5, 0.6) is 0 Å². The lowest BCUT2D eigenvalue weighted by atomic mass is 9.98. The highest BCUT2D eigenvalue weighted by Crippen LogP contribution is 2.24. The number of amides is 1. The van der Waals surface area contributed by atoms with Crippen LogP contribution in [0.25, 0.3) is 0 Å². The quantitative estimate of drug-likeness (QED) is 0.620. The van der Waals surface area contributed by atoms with E-state index in [1.165, 1.54) is 16.8 Å². The molecule has 3 rings (SSSR count). The molecule has 1 aromatic carbocycles. The molecule has 2 N–H and O–H groups in total. The number of hydrogen-bond donors (Lipinski definition) is 2. The number of nitrogens with one attached hydrogen (secondary N) is 2. The first-order valence-corrected chi connectivity index (χ1v) is 8.14. The third kappa shape index (κ3) is 4.00. The van der Waals surface area contributed by atoms with E-state index >= 15 is 0 Å². The largest absolute Gasteiger partial charge is 0.317 e. The van der Waals surface area contributed by atoms with Gasteiger partial charge in [0.1, 0.15) is 0 Å². The molecule has 1 aromatic heterocycles. The van der Waals surface area contributed by atoms with Crippen molar-refractivity contribution in [3.8, 4) is 0 Å². The van der Waals surface area contributed by atoms with E-state index in [1.54, 1.807) is 20.0 Å². The maximum absolute atomic E-state index is 12.5. The summed E-state index contributed by atoms with van der Waals surface area (Å²) in [5.74, 6) is 0.894. The van der Waals surface area contributed by atoms with Crippen molar-refractivity contribution in [2.45, 2.75) is 25.7 Å². The first-order chi connectivity index (χ1) is 12.0. The van der Waals surface area contributed by atoms with Crippen LogP contribution in [0.15, 0.2) is 18.2 Å². The number of aryl methyl sites for hydroxylation is 1. The van der Waals surface area contributed by atoms with E-state index < -0.39 is 10.8 Å². The van der Waals surface area contributed by atoms with Crippen LogP contribution in [0.4, 0.5) is 11.6 Å². The van der Waals surface area contributed by atoms with Gasteiger partial charge in [-0.2, -0.15) is 10.1 Å². The van der Waals surface area contributed by atoms with Crippen molar-refractivity contribution in [1.82, 2.24) is 20.1 Å². The smallest absolute Gasteiger partial charge is 0.273 e. The first-order valence-electron chi connectivity index (χ1n) is 8.14. The second-order valence-corrected chi connectivity index (χ2v) is 6.10. The molecule has 1 amide bonds. The predicted molar refractivity (Wildman–Crippen MR) is 98.9 cm³/mol. The van der Waals surface area contributed by atoms with Crippen LogP contribution in [-0.2, 0) is 7.05 Å². The van der Waals surface area contributed by atoms with Crippen LogP contribution in [0.2, 0.25) is 0 Å². The van der Waals surface area contributed by atoms with Crippen LogP contribution in [0, 0.1) is 17.0 Å². The van der Waals surface area contributed by atoms with E-state index in [4.69, 9.17) is 0 Å². The number of hydrogen-bond acceptors (Lipinski definition) is 6. The molecule has 0 saturated carbocycles. The first kappa shape index (κ1) is 19.8. The molecule has 0 unspecified atom stereocenters. The van der Waals surface area contributed by atoms with Crippen molar-refractivity contribution in [3.05, 3.63) is 45.3 Å². The molecule has 2 heterocycles. The zero-order valence-electron chi connectivity index (χ0n) is 14.6. The normalized spacial score (nSPS) is 14.5. The molecule has 0 aliphatic carbocycles. The third-order valence-corrected chi connectivity index (χ3v) is 4.46. The summed E-state index contributed by atoms with van der Waals surface area (Å²) in [6.45, 7) is 3.42. The average molecular weight is 381 g/mol. The van der Waals surface area contributed by atoms with Crippen molar-refractivity contribution in [1.29, 1.82) is 0 Å². The molecule has 26 heavy (non-hydrogen) atoms. The number of piperidine rings is 1. The highest BCUT2D eigenvalue weighted by Gasteiger charge is 2.23. The Morgan fingerprint density at radius 1 is 1.38 bits per heavy atom. The molecule has 0 bridgehead atoms.